The normalized spacial score (nSPS) is 11.5. The lowest BCUT2D eigenvalue weighted by molar-refractivity contribution is -0.146. The minimum Gasteiger partial charge on any atom is -0.488 e. The van der Waals surface area contributed by atoms with Crippen molar-refractivity contribution < 1.29 is 19.1 Å². The number of benzene rings is 2. The average Bonchev–Trinajstić information content (AvgIpc) is 2.60. The molecule has 138 valence electrons. The number of rotatable bonds is 7. The molecule has 1 atom stereocenters. The van der Waals surface area contributed by atoms with E-state index in [1.54, 1.807) is 42.5 Å². The van der Waals surface area contributed by atoms with Crippen molar-refractivity contribution in [1.29, 1.82) is 0 Å². The van der Waals surface area contributed by atoms with E-state index >= 15 is 0 Å². The third kappa shape index (κ3) is 5.80. The van der Waals surface area contributed by atoms with Gasteiger partial charge in [0.2, 0.25) is 0 Å². The zero-order valence-electron chi connectivity index (χ0n) is 13.8. The molecule has 0 bridgehead atoms. The average molecular weight is 417 g/mol. The van der Waals surface area contributed by atoms with Crippen molar-refractivity contribution in [2.75, 3.05) is 13.2 Å². The van der Waals surface area contributed by atoms with E-state index in [0.29, 0.717) is 20.8 Å². The Morgan fingerprint density at radius 1 is 1.04 bits per heavy atom. The number of amides is 1. The Morgan fingerprint density at radius 3 is 2.46 bits per heavy atom. The highest BCUT2D eigenvalue weighted by Gasteiger charge is 2.19. The number of hydrogen-bond acceptors (Lipinski definition) is 4. The van der Waals surface area contributed by atoms with Gasteiger partial charge in [-0.25, -0.2) is 4.79 Å². The van der Waals surface area contributed by atoms with Gasteiger partial charge in [0.05, 0.1) is 15.6 Å². The van der Waals surface area contributed by atoms with Crippen molar-refractivity contribution >= 4 is 46.7 Å². The molecule has 0 saturated carbocycles. The van der Waals surface area contributed by atoms with Crippen LogP contribution in [0.1, 0.15) is 17.3 Å². The first-order valence-electron chi connectivity index (χ1n) is 7.68. The topological polar surface area (TPSA) is 64.6 Å². The van der Waals surface area contributed by atoms with Gasteiger partial charge in [-0.3, -0.25) is 4.79 Å². The molecule has 2 aromatic carbocycles. The molecule has 0 saturated heterocycles. The van der Waals surface area contributed by atoms with Crippen molar-refractivity contribution in [1.82, 2.24) is 5.32 Å². The monoisotopic (exact) mass is 415 g/mol. The van der Waals surface area contributed by atoms with Crippen LogP contribution in [0.5, 0.6) is 5.75 Å². The highest BCUT2D eigenvalue weighted by molar-refractivity contribution is 6.35. The maximum absolute atomic E-state index is 12.1. The summed E-state index contributed by atoms with van der Waals surface area (Å²) in [6.07, 6.45) is 0. The van der Waals surface area contributed by atoms with E-state index < -0.39 is 17.9 Å². The minimum absolute atomic E-state index is 0.00406. The lowest BCUT2D eigenvalue weighted by atomic mass is 10.2. The number of ether oxygens (including phenoxy) is 2. The number of carbonyl (C=O) groups is 2. The summed E-state index contributed by atoms with van der Waals surface area (Å²) >= 11 is 17.7. The fourth-order valence-electron chi connectivity index (χ4n) is 1.99. The van der Waals surface area contributed by atoms with Crippen LogP contribution in [-0.4, -0.2) is 31.1 Å². The first kappa shape index (κ1) is 20.4. The van der Waals surface area contributed by atoms with Crippen molar-refractivity contribution in [3.05, 3.63) is 63.1 Å². The molecule has 0 unspecified atom stereocenters. The molecule has 0 aliphatic carbocycles. The summed E-state index contributed by atoms with van der Waals surface area (Å²) in [5, 5.41) is 3.70. The SMILES string of the molecule is C[C@H](NC(=O)c1ccccc1Cl)C(=O)OCCOc1ccc(Cl)cc1Cl. The Balaban J connectivity index is 1.77. The fourth-order valence-corrected chi connectivity index (χ4v) is 2.67. The molecule has 1 N–H and O–H groups in total. The second kappa shape index (κ2) is 9.67. The van der Waals surface area contributed by atoms with Gasteiger partial charge in [-0.1, -0.05) is 46.9 Å². The fraction of sp³-hybridized carbons (Fsp3) is 0.222. The third-order valence-corrected chi connectivity index (χ3v) is 4.16. The van der Waals surface area contributed by atoms with Crippen LogP contribution in [0.3, 0.4) is 0 Å². The number of halogens is 3. The molecule has 0 aromatic heterocycles. The van der Waals surface area contributed by atoms with E-state index in [2.05, 4.69) is 5.32 Å². The summed E-state index contributed by atoms with van der Waals surface area (Å²) in [4.78, 5) is 24.1. The molecular formula is C18H16Cl3NO4. The maximum Gasteiger partial charge on any atom is 0.328 e. The Kier molecular flexibility index (Phi) is 7.57. The Labute approximate surface area is 166 Å². The van der Waals surface area contributed by atoms with Crippen molar-refractivity contribution in [2.24, 2.45) is 0 Å². The van der Waals surface area contributed by atoms with E-state index in [1.807, 2.05) is 0 Å². The van der Waals surface area contributed by atoms with Crippen LogP contribution in [0, 0.1) is 0 Å². The van der Waals surface area contributed by atoms with Crippen LogP contribution in [0.25, 0.3) is 0 Å². The van der Waals surface area contributed by atoms with Gasteiger partial charge < -0.3 is 14.8 Å². The van der Waals surface area contributed by atoms with E-state index in [1.165, 1.54) is 6.92 Å². The van der Waals surface area contributed by atoms with Crippen LogP contribution < -0.4 is 10.1 Å². The summed E-state index contributed by atoms with van der Waals surface area (Å²) in [5.74, 6) is -0.604. The van der Waals surface area contributed by atoms with Gasteiger partial charge in [0.25, 0.3) is 5.91 Å². The third-order valence-electron chi connectivity index (χ3n) is 3.30. The van der Waals surface area contributed by atoms with E-state index in [0.717, 1.165) is 0 Å². The van der Waals surface area contributed by atoms with E-state index in [4.69, 9.17) is 44.3 Å². The maximum atomic E-state index is 12.1. The summed E-state index contributed by atoms with van der Waals surface area (Å²) in [6.45, 7) is 1.64. The Bertz CT molecular complexity index is 798. The summed E-state index contributed by atoms with van der Waals surface area (Å²) in [6, 6.07) is 10.5. The van der Waals surface area contributed by atoms with Gasteiger partial charge in [0.1, 0.15) is 25.0 Å². The van der Waals surface area contributed by atoms with Crippen LogP contribution in [-0.2, 0) is 9.53 Å². The van der Waals surface area contributed by atoms with Gasteiger partial charge in [-0.05, 0) is 37.3 Å². The Morgan fingerprint density at radius 2 is 1.77 bits per heavy atom. The standard InChI is InChI=1S/C18H16Cl3NO4/c1-11(22-17(23)13-4-2-3-5-14(13)20)18(24)26-9-8-25-16-7-6-12(19)10-15(16)21/h2-7,10-11H,8-9H2,1H3,(H,22,23)/t11-/m0/s1. The summed E-state index contributed by atoms with van der Waals surface area (Å²) in [7, 11) is 0. The van der Waals surface area contributed by atoms with Gasteiger partial charge >= 0.3 is 5.97 Å². The molecule has 2 aromatic rings. The molecule has 0 fully saturated rings. The number of nitrogens with one attached hydrogen (secondary N) is 1. The van der Waals surface area contributed by atoms with Gasteiger partial charge in [0.15, 0.2) is 0 Å². The lowest BCUT2D eigenvalue weighted by Gasteiger charge is -2.14. The lowest BCUT2D eigenvalue weighted by Crippen LogP contribution is -2.40. The first-order chi connectivity index (χ1) is 12.4. The predicted octanol–water partition coefficient (Wildman–Crippen LogP) is 4.39. The summed E-state index contributed by atoms with van der Waals surface area (Å²) < 4.78 is 10.5. The van der Waals surface area contributed by atoms with Gasteiger partial charge in [-0.15, -0.1) is 0 Å². The van der Waals surface area contributed by atoms with Crippen LogP contribution in [0.2, 0.25) is 15.1 Å². The minimum atomic E-state index is -0.835. The zero-order valence-corrected chi connectivity index (χ0v) is 16.1. The molecule has 5 nitrogen and oxygen atoms in total. The highest BCUT2D eigenvalue weighted by atomic mass is 35.5. The largest absolute Gasteiger partial charge is 0.488 e. The predicted molar refractivity (Wildman–Crippen MR) is 101 cm³/mol. The van der Waals surface area contributed by atoms with Gasteiger partial charge in [-0.2, -0.15) is 0 Å². The molecule has 0 radical (unpaired) electrons. The molecule has 0 aliphatic rings. The molecule has 0 aliphatic heterocycles. The molecule has 8 heteroatoms. The van der Waals surface area contributed by atoms with Crippen molar-refractivity contribution in [2.45, 2.75) is 13.0 Å². The summed E-state index contributed by atoms with van der Waals surface area (Å²) in [5.41, 5.74) is 0.287. The second-order valence-electron chi connectivity index (χ2n) is 5.27. The first-order valence-corrected chi connectivity index (χ1v) is 8.81. The highest BCUT2D eigenvalue weighted by Crippen LogP contribution is 2.27. The van der Waals surface area contributed by atoms with Crippen molar-refractivity contribution in [3.8, 4) is 5.75 Å². The van der Waals surface area contributed by atoms with E-state index in [9.17, 15) is 9.59 Å². The second-order valence-corrected chi connectivity index (χ2v) is 6.52. The van der Waals surface area contributed by atoms with Crippen LogP contribution in [0.4, 0.5) is 0 Å². The molecule has 0 heterocycles. The molecule has 0 spiro atoms. The van der Waals surface area contributed by atoms with Gasteiger partial charge in [0, 0.05) is 5.02 Å². The van der Waals surface area contributed by atoms with Crippen LogP contribution in [0.15, 0.2) is 42.5 Å². The van der Waals surface area contributed by atoms with E-state index in [-0.39, 0.29) is 18.8 Å². The quantitative estimate of drug-likeness (QED) is 0.537. The number of esters is 1. The Hall–Kier alpha value is -1.95. The number of carbonyl (C=O) groups excluding carboxylic acids is 2. The molecular weight excluding hydrogens is 401 g/mol. The van der Waals surface area contributed by atoms with Crippen LogP contribution >= 0.6 is 34.8 Å². The molecule has 2 rings (SSSR count). The molecule has 26 heavy (non-hydrogen) atoms. The number of hydrogen-bond donors (Lipinski definition) is 1. The smallest absolute Gasteiger partial charge is 0.328 e. The molecule has 1 amide bonds. The van der Waals surface area contributed by atoms with Crippen molar-refractivity contribution in [3.63, 3.8) is 0 Å². The zero-order chi connectivity index (χ0) is 19.1.